The number of amides is 2. The van der Waals surface area contributed by atoms with Gasteiger partial charge in [0.2, 0.25) is 5.91 Å². The van der Waals surface area contributed by atoms with Crippen LogP contribution in [0, 0.1) is 11.3 Å². The normalized spacial score (nSPS) is 11.1. The number of rotatable bonds is 9. The minimum Gasteiger partial charge on any atom is -0.462 e. The van der Waals surface area contributed by atoms with E-state index < -0.39 is 22.0 Å². The quantitative estimate of drug-likeness (QED) is 0.180. The van der Waals surface area contributed by atoms with E-state index in [4.69, 9.17) is 8.92 Å². The van der Waals surface area contributed by atoms with Crippen LogP contribution in [0.1, 0.15) is 29.8 Å². The number of esters is 1. The molecule has 0 bridgehead atoms. The van der Waals surface area contributed by atoms with Crippen LogP contribution < -0.4 is 14.8 Å². The molecule has 0 saturated heterocycles. The van der Waals surface area contributed by atoms with E-state index >= 15 is 0 Å². The first-order valence-electron chi connectivity index (χ1n) is 11.2. The number of carbonyl (C=O) groups is 3. The van der Waals surface area contributed by atoms with E-state index in [1.54, 1.807) is 25.1 Å². The first kappa shape index (κ1) is 27.6. The van der Waals surface area contributed by atoms with Crippen LogP contribution >= 0.6 is 0 Å². The Morgan fingerprint density at radius 1 is 0.921 bits per heavy atom. The van der Waals surface area contributed by atoms with Crippen molar-refractivity contribution >= 4 is 45.4 Å². The molecule has 0 atom stereocenters. The van der Waals surface area contributed by atoms with Crippen molar-refractivity contribution in [2.75, 3.05) is 17.2 Å². The maximum absolute atomic E-state index is 12.8. The van der Waals surface area contributed by atoms with Gasteiger partial charge in [-0.1, -0.05) is 18.2 Å². The maximum atomic E-state index is 12.8. The van der Waals surface area contributed by atoms with Gasteiger partial charge in [0.15, 0.2) is 0 Å². The number of para-hydroxylation sites is 1. The minimum atomic E-state index is -4.27. The van der Waals surface area contributed by atoms with Crippen LogP contribution in [0.15, 0.2) is 83.3 Å². The highest BCUT2D eigenvalue weighted by atomic mass is 32.2. The molecule has 11 heteroatoms. The number of ether oxygens (including phenoxy) is 1. The van der Waals surface area contributed by atoms with Crippen molar-refractivity contribution in [1.29, 1.82) is 5.26 Å². The van der Waals surface area contributed by atoms with E-state index in [0.29, 0.717) is 16.9 Å². The third-order valence-corrected chi connectivity index (χ3v) is 6.15. The fourth-order valence-corrected chi connectivity index (χ4v) is 4.11. The van der Waals surface area contributed by atoms with Crippen LogP contribution in [-0.2, 0) is 24.4 Å². The lowest BCUT2D eigenvalue weighted by Crippen LogP contribution is -2.14. The molecule has 10 nitrogen and oxygen atoms in total. The zero-order valence-corrected chi connectivity index (χ0v) is 21.2. The number of anilines is 2. The van der Waals surface area contributed by atoms with Gasteiger partial charge in [0.25, 0.3) is 5.91 Å². The van der Waals surface area contributed by atoms with Crippen molar-refractivity contribution in [3.63, 3.8) is 0 Å². The molecule has 0 aliphatic carbocycles. The van der Waals surface area contributed by atoms with Crippen molar-refractivity contribution < 1.29 is 31.7 Å². The van der Waals surface area contributed by atoms with E-state index in [0.717, 1.165) is 0 Å². The van der Waals surface area contributed by atoms with Crippen LogP contribution in [-0.4, -0.2) is 32.8 Å². The van der Waals surface area contributed by atoms with Gasteiger partial charge in [-0.3, -0.25) is 9.59 Å². The fourth-order valence-electron chi connectivity index (χ4n) is 3.16. The molecule has 0 unspecified atom stereocenters. The third kappa shape index (κ3) is 7.28. The number of nitrogens with one attached hydrogen (secondary N) is 2. The smallest absolute Gasteiger partial charge is 0.339 e. The average molecular weight is 534 g/mol. The lowest BCUT2D eigenvalue weighted by atomic mass is 10.1. The predicted molar refractivity (Wildman–Crippen MR) is 140 cm³/mol. The van der Waals surface area contributed by atoms with E-state index in [1.165, 1.54) is 73.7 Å². The first-order valence-corrected chi connectivity index (χ1v) is 12.6. The molecule has 0 fully saturated rings. The predicted octanol–water partition coefficient (Wildman–Crippen LogP) is 4.14. The molecular formula is C27H23N3O7S. The van der Waals surface area contributed by atoms with Gasteiger partial charge in [0.1, 0.15) is 22.3 Å². The molecule has 38 heavy (non-hydrogen) atoms. The second-order valence-electron chi connectivity index (χ2n) is 7.70. The van der Waals surface area contributed by atoms with Gasteiger partial charge in [0, 0.05) is 23.9 Å². The van der Waals surface area contributed by atoms with Gasteiger partial charge >= 0.3 is 16.1 Å². The van der Waals surface area contributed by atoms with Crippen molar-refractivity contribution in [1.82, 2.24) is 0 Å². The molecule has 0 spiro atoms. The Bertz CT molecular complexity index is 1520. The Morgan fingerprint density at radius 3 is 2.13 bits per heavy atom. The highest BCUT2D eigenvalue weighted by Crippen LogP contribution is 2.26. The molecule has 0 radical (unpaired) electrons. The molecule has 0 heterocycles. The van der Waals surface area contributed by atoms with Crippen molar-refractivity contribution in [2.24, 2.45) is 0 Å². The molecule has 3 rings (SSSR count). The Morgan fingerprint density at radius 2 is 1.53 bits per heavy atom. The molecule has 0 saturated carbocycles. The summed E-state index contributed by atoms with van der Waals surface area (Å²) >= 11 is 0. The van der Waals surface area contributed by atoms with Gasteiger partial charge in [0.05, 0.1) is 12.2 Å². The zero-order valence-electron chi connectivity index (χ0n) is 20.4. The van der Waals surface area contributed by atoms with Crippen LogP contribution in [0.2, 0.25) is 0 Å². The molecule has 2 amide bonds. The highest BCUT2D eigenvalue weighted by molar-refractivity contribution is 7.87. The summed E-state index contributed by atoms with van der Waals surface area (Å²) in [7, 11) is -4.27. The third-order valence-electron chi connectivity index (χ3n) is 4.90. The summed E-state index contributed by atoms with van der Waals surface area (Å²) in [5.74, 6) is -1.65. The fraction of sp³-hybridized carbons (Fsp3) is 0.111. The van der Waals surface area contributed by atoms with Crippen molar-refractivity contribution in [2.45, 2.75) is 18.7 Å². The summed E-state index contributed by atoms with van der Waals surface area (Å²) < 4.78 is 35.9. The summed E-state index contributed by atoms with van der Waals surface area (Å²) in [4.78, 5) is 35.5. The molecule has 3 aromatic carbocycles. The molecule has 0 aliphatic rings. The zero-order chi connectivity index (χ0) is 27.7. The summed E-state index contributed by atoms with van der Waals surface area (Å²) in [6.07, 6.45) is 1.20. The number of hydrogen-bond donors (Lipinski definition) is 2. The van der Waals surface area contributed by atoms with Crippen LogP contribution in [0.3, 0.4) is 0 Å². The van der Waals surface area contributed by atoms with Gasteiger partial charge in [-0.15, -0.1) is 0 Å². The lowest BCUT2D eigenvalue weighted by molar-refractivity contribution is -0.114. The summed E-state index contributed by atoms with van der Waals surface area (Å²) in [5.41, 5.74) is 0.917. The Kier molecular flexibility index (Phi) is 8.97. The Balaban J connectivity index is 1.80. The van der Waals surface area contributed by atoms with Crippen molar-refractivity contribution in [3.05, 3.63) is 89.5 Å². The Hall–Kier alpha value is -4.95. The van der Waals surface area contributed by atoms with Crippen LogP contribution in [0.4, 0.5) is 11.4 Å². The van der Waals surface area contributed by atoms with E-state index in [2.05, 4.69) is 10.6 Å². The first-order chi connectivity index (χ1) is 18.1. The summed E-state index contributed by atoms with van der Waals surface area (Å²) in [6, 6.07) is 19.1. The second kappa shape index (κ2) is 12.3. The Labute approximate surface area is 219 Å². The number of carbonyl (C=O) groups excluding carboxylic acids is 3. The van der Waals surface area contributed by atoms with E-state index in [1.807, 2.05) is 0 Å². The van der Waals surface area contributed by atoms with Crippen LogP contribution in [0.5, 0.6) is 5.75 Å². The van der Waals surface area contributed by atoms with Crippen LogP contribution in [0.25, 0.3) is 6.08 Å². The molecule has 3 aromatic rings. The second-order valence-corrected chi connectivity index (χ2v) is 9.25. The number of nitrogens with zero attached hydrogens (tertiary/aromatic N) is 1. The average Bonchev–Trinajstić information content (AvgIpc) is 2.88. The lowest BCUT2D eigenvalue weighted by Gasteiger charge is -2.11. The van der Waals surface area contributed by atoms with E-state index in [9.17, 15) is 28.1 Å². The number of benzene rings is 3. The van der Waals surface area contributed by atoms with Gasteiger partial charge in [-0.25, -0.2) is 4.79 Å². The topological polar surface area (TPSA) is 152 Å². The monoisotopic (exact) mass is 533 g/mol. The van der Waals surface area contributed by atoms with E-state index in [-0.39, 0.29) is 34.3 Å². The SMILES string of the molecule is CCOC(=O)c1ccc(NC(=O)C(C#N)=Cc2ccccc2OS(=O)(=O)c2ccc(NC(C)=O)cc2)cc1. The largest absolute Gasteiger partial charge is 0.462 e. The minimum absolute atomic E-state index is 0.0993. The summed E-state index contributed by atoms with van der Waals surface area (Å²) in [5, 5.41) is 14.7. The maximum Gasteiger partial charge on any atom is 0.339 e. The van der Waals surface area contributed by atoms with Gasteiger partial charge < -0.3 is 19.6 Å². The molecule has 0 aromatic heterocycles. The molecule has 2 N–H and O–H groups in total. The molecule has 0 aliphatic heterocycles. The number of nitriles is 1. The standard InChI is InChI=1S/C27H23N3O7S/c1-3-36-27(33)19-8-10-23(11-9-19)30-26(32)21(17-28)16-20-6-4-5-7-25(20)37-38(34,35)24-14-12-22(13-15-24)29-18(2)31/h4-16H,3H2,1-2H3,(H,29,31)(H,30,32). The molecular weight excluding hydrogens is 510 g/mol. The summed E-state index contributed by atoms with van der Waals surface area (Å²) in [6.45, 7) is 3.24. The van der Waals surface area contributed by atoms with Crippen molar-refractivity contribution in [3.8, 4) is 11.8 Å². The van der Waals surface area contributed by atoms with Gasteiger partial charge in [-0.05, 0) is 67.6 Å². The van der Waals surface area contributed by atoms with Gasteiger partial charge in [-0.2, -0.15) is 13.7 Å². The number of hydrogen-bond acceptors (Lipinski definition) is 8. The highest BCUT2D eigenvalue weighted by Gasteiger charge is 2.19. The molecule has 194 valence electrons.